The highest BCUT2D eigenvalue weighted by Crippen LogP contribution is 2.38. The maximum atomic E-state index is 12.6. The second-order valence-electron chi connectivity index (χ2n) is 6.88. The standard InChI is InChI=1S/C20H24N2O3/c1-14-7-12-25-19(14)20(23)22-10-8-21(9-11-22)18-6-4-15-3-5-16(24-2)13-17(15)18/h3,5,7,12-13,18H,4,6,8-11H2,1-2H3. The lowest BCUT2D eigenvalue weighted by Gasteiger charge is -2.38. The van der Waals surface area contributed by atoms with Gasteiger partial charge < -0.3 is 14.1 Å². The van der Waals surface area contributed by atoms with Crippen LogP contribution in [0.1, 0.15) is 39.7 Å². The van der Waals surface area contributed by atoms with Crippen molar-refractivity contribution >= 4 is 5.91 Å². The molecule has 2 heterocycles. The first-order valence-electron chi connectivity index (χ1n) is 8.91. The van der Waals surface area contributed by atoms with Crippen LogP contribution >= 0.6 is 0 Å². The molecule has 1 aromatic carbocycles. The van der Waals surface area contributed by atoms with Gasteiger partial charge in [0.15, 0.2) is 5.76 Å². The fourth-order valence-corrected chi connectivity index (χ4v) is 4.04. The number of methoxy groups -OCH3 is 1. The minimum absolute atomic E-state index is 0.00985. The number of fused-ring (bicyclic) bond motifs is 1. The van der Waals surface area contributed by atoms with E-state index in [9.17, 15) is 4.79 Å². The van der Waals surface area contributed by atoms with Gasteiger partial charge >= 0.3 is 0 Å². The van der Waals surface area contributed by atoms with Gasteiger partial charge in [-0.1, -0.05) is 6.07 Å². The Morgan fingerprint density at radius 3 is 2.68 bits per heavy atom. The average Bonchev–Trinajstić information content (AvgIpc) is 3.26. The number of carbonyl (C=O) groups is 1. The van der Waals surface area contributed by atoms with Gasteiger partial charge in [0, 0.05) is 37.8 Å². The molecule has 0 radical (unpaired) electrons. The van der Waals surface area contributed by atoms with Crippen LogP contribution in [-0.2, 0) is 6.42 Å². The summed E-state index contributed by atoms with van der Waals surface area (Å²) in [6, 6.07) is 8.69. The number of carbonyl (C=O) groups excluding carboxylic acids is 1. The lowest BCUT2D eigenvalue weighted by Crippen LogP contribution is -2.49. The van der Waals surface area contributed by atoms with Crippen LogP contribution in [0.4, 0.5) is 0 Å². The van der Waals surface area contributed by atoms with Crippen LogP contribution in [0.25, 0.3) is 0 Å². The molecule has 5 nitrogen and oxygen atoms in total. The third kappa shape index (κ3) is 2.93. The predicted molar refractivity (Wildman–Crippen MR) is 95.0 cm³/mol. The van der Waals surface area contributed by atoms with Gasteiger partial charge in [-0.15, -0.1) is 0 Å². The van der Waals surface area contributed by atoms with Gasteiger partial charge in [-0.2, -0.15) is 0 Å². The Labute approximate surface area is 148 Å². The van der Waals surface area contributed by atoms with E-state index < -0.39 is 0 Å². The summed E-state index contributed by atoms with van der Waals surface area (Å²) in [5.74, 6) is 1.41. The fraction of sp³-hybridized carbons (Fsp3) is 0.450. The number of rotatable bonds is 3. The van der Waals surface area contributed by atoms with Crippen molar-refractivity contribution in [2.45, 2.75) is 25.8 Å². The maximum absolute atomic E-state index is 12.6. The molecule has 1 aliphatic carbocycles. The largest absolute Gasteiger partial charge is 0.497 e. The highest BCUT2D eigenvalue weighted by atomic mass is 16.5. The Kier molecular flexibility index (Phi) is 4.25. The molecule has 1 fully saturated rings. The Morgan fingerprint density at radius 2 is 2.00 bits per heavy atom. The van der Waals surface area contributed by atoms with E-state index in [0.29, 0.717) is 11.8 Å². The number of nitrogens with zero attached hydrogens (tertiary/aromatic N) is 2. The van der Waals surface area contributed by atoms with Gasteiger partial charge in [0.25, 0.3) is 5.91 Å². The van der Waals surface area contributed by atoms with E-state index in [1.807, 2.05) is 24.0 Å². The summed E-state index contributed by atoms with van der Waals surface area (Å²) >= 11 is 0. The van der Waals surface area contributed by atoms with Crippen LogP contribution in [0.5, 0.6) is 5.75 Å². The third-order valence-electron chi connectivity index (χ3n) is 5.50. The Hall–Kier alpha value is -2.27. The van der Waals surface area contributed by atoms with E-state index in [4.69, 9.17) is 9.15 Å². The molecule has 132 valence electrons. The van der Waals surface area contributed by atoms with E-state index >= 15 is 0 Å². The zero-order valence-corrected chi connectivity index (χ0v) is 14.8. The lowest BCUT2D eigenvalue weighted by atomic mass is 10.1. The molecule has 5 heteroatoms. The summed E-state index contributed by atoms with van der Waals surface area (Å²) in [6.07, 6.45) is 3.85. The number of aryl methyl sites for hydroxylation is 2. The molecule has 0 N–H and O–H groups in total. The first-order chi connectivity index (χ1) is 12.2. The highest BCUT2D eigenvalue weighted by molar-refractivity contribution is 5.92. The maximum Gasteiger partial charge on any atom is 0.289 e. The summed E-state index contributed by atoms with van der Waals surface area (Å²) in [6.45, 7) is 5.19. The minimum Gasteiger partial charge on any atom is -0.497 e. The number of hydrogen-bond donors (Lipinski definition) is 0. The number of furan rings is 1. The lowest BCUT2D eigenvalue weighted by molar-refractivity contribution is 0.0538. The van der Waals surface area contributed by atoms with Gasteiger partial charge in [0.1, 0.15) is 5.75 Å². The summed E-state index contributed by atoms with van der Waals surface area (Å²) < 4.78 is 10.8. The quantitative estimate of drug-likeness (QED) is 0.862. The van der Waals surface area contributed by atoms with Crippen LogP contribution in [-0.4, -0.2) is 49.0 Å². The average molecular weight is 340 g/mol. The molecule has 1 saturated heterocycles. The number of amides is 1. The third-order valence-corrected chi connectivity index (χ3v) is 5.50. The van der Waals surface area contributed by atoms with Gasteiger partial charge in [-0.05, 0) is 49.1 Å². The Balaban J connectivity index is 1.44. The van der Waals surface area contributed by atoms with Crippen molar-refractivity contribution in [3.63, 3.8) is 0 Å². The second-order valence-corrected chi connectivity index (χ2v) is 6.88. The first kappa shape index (κ1) is 16.2. The van der Waals surface area contributed by atoms with Crippen molar-refractivity contribution < 1.29 is 13.9 Å². The molecule has 0 saturated carbocycles. The molecule has 1 amide bonds. The predicted octanol–water partition coefficient (Wildman–Crippen LogP) is 3.04. The molecule has 1 aromatic heterocycles. The summed E-state index contributed by atoms with van der Waals surface area (Å²) in [4.78, 5) is 17.0. The van der Waals surface area contributed by atoms with Crippen molar-refractivity contribution in [3.05, 3.63) is 53.0 Å². The fourth-order valence-electron chi connectivity index (χ4n) is 4.04. The minimum atomic E-state index is 0.00985. The second kappa shape index (κ2) is 6.56. The number of benzene rings is 1. The van der Waals surface area contributed by atoms with Gasteiger partial charge in [-0.3, -0.25) is 9.69 Å². The molecule has 0 spiro atoms. The number of hydrogen-bond acceptors (Lipinski definition) is 4. The monoisotopic (exact) mass is 340 g/mol. The van der Waals surface area contributed by atoms with Crippen LogP contribution < -0.4 is 4.74 Å². The number of ether oxygens (including phenoxy) is 1. The van der Waals surface area contributed by atoms with Gasteiger partial charge in [-0.25, -0.2) is 0 Å². The molecule has 2 aliphatic rings. The highest BCUT2D eigenvalue weighted by Gasteiger charge is 2.32. The van der Waals surface area contributed by atoms with Gasteiger partial charge in [0.05, 0.1) is 13.4 Å². The zero-order chi connectivity index (χ0) is 17.4. The summed E-state index contributed by atoms with van der Waals surface area (Å²) in [5, 5.41) is 0. The Morgan fingerprint density at radius 1 is 1.20 bits per heavy atom. The van der Waals surface area contributed by atoms with Crippen molar-refractivity contribution in [3.8, 4) is 5.75 Å². The van der Waals surface area contributed by atoms with E-state index in [0.717, 1.165) is 50.3 Å². The molecule has 1 unspecified atom stereocenters. The van der Waals surface area contributed by atoms with Crippen molar-refractivity contribution in [1.82, 2.24) is 9.80 Å². The van der Waals surface area contributed by atoms with E-state index in [-0.39, 0.29) is 5.91 Å². The van der Waals surface area contributed by atoms with Crippen LogP contribution in [0.15, 0.2) is 34.9 Å². The van der Waals surface area contributed by atoms with E-state index in [1.54, 1.807) is 13.4 Å². The van der Waals surface area contributed by atoms with Crippen molar-refractivity contribution in [2.75, 3.05) is 33.3 Å². The molecule has 25 heavy (non-hydrogen) atoms. The molecule has 1 aliphatic heterocycles. The topological polar surface area (TPSA) is 45.9 Å². The van der Waals surface area contributed by atoms with E-state index in [1.165, 1.54) is 11.1 Å². The molecular weight excluding hydrogens is 316 g/mol. The van der Waals surface area contributed by atoms with E-state index in [2.05, 4.69) is 17.0 Å². The zero-order valence-electron chi connectivity index (χ0n) is 14.8. The van der Waals surface area contributed by atoms with Crippen LogP contribution in [0.3, 0.4) is 0 Å². The molecule has 4 rings (SSSR count). The molecule has 1 atom stereocenters. The summed E-state index contributed by atoms with van der Waals surface area (Å²) in [5.41, 5.74) is 3.72. The summed E-state index contributed by atoms with van der Waals surface area (Å²) in [7, 11) is 1.71. The number of piperazine rings is 1. The van der Waals surface area contributed by atoms with Crippen LogP contribution in [0, 0.1) is 6.92 Å². The SMILES string of the molecule is COc1ccc2c(c1)C(N1CCN(C(=O)c3occc3C)CC1)CC2. The van der Waals surface area contributed by atoms with Crippen molar-refractivity contribution in [1.29, 1.82) is 0 Å². The smallest absolute Gasteiger partial charge is 0.289 e. The molecule has 0 bridgehead atoms. The normalized spacial score (nSPS) is 20.6. The first-order valence-corrected chi connectivity index (χ1v) is 8.91. The van der Waals surface area contributed by atoms with Crippen molar-refractivity contribution in [2.24, 2.45) is 0 Å². The van der Waals surface area contributed by atoms with Crippen LogP contribution in [0.2, 0.25) is 0 Å². The molecular formula is C20H24N2O3. The Bertz CT molecular complexity index is 775. The molecule has 2 aromatic rings. The van der Waals surface area contributed by atoms with Gasteiger partial charge in [0.2, 0.25) is 0 Å².